The van der Waals surface area contributed by atoms with Crippen molar-refractivity contribution in [1.82, 2.24) is 9.55 Å². The van der Waals surface area contributed by atoms with Crippen LogP contribution in [0, 0.1) is 0 Å². The normalized spacial score (nSPS) is 14.3. The lowest BCUT2D eigenvalue weighted by atomic mass is 10.2. The molecule has 0 atom stereocenters. The Morgan fingerprint density at radius 3 is 2.37 bits per heavy atom. The van der Waals surface area contributed by atoms with Gasteiger partial charge in [-0.25, -0.2) is 4.98 Å². The van der Waals surface area contributed by atoms with E-state index in [1.54, 1.807) is 25.2 Å². The first kappa shape index (κ1) is 17.0. The summed E-state index contributed by atoms with van der Waals surface area (Å²) in [4.78, 5) is 19.2. The number of imidazole rings is 1. The maximum absolute atomic E-state index is 12.8. The average molecular weight is 364 g/mol. The summed E-state index contributed by atoms with van der Waals surface area (Å²) >= 11 is 0. The molecular formula is C20H20N4O3. The highest BCUT2D eigenvalue weighted by Crippen LogP contribution is 2.35. The van der Waals surface area contributed by atoms with Gasteiger partial charge in [-0.2, -0.15) is 0 Å². The Kier molecular flexibility index (Phi) is 3.99. The Morgan fingerprint density at radius 2 is 1.74 bits per heavy atom. The van der Waals surface area contributed by atoms with Crippen molar-refractivity contribution in [2.45, 2.75) is 0 Å². The van der Waals surface area contributed by atoms with Gasteiger partial charge < -0.3 is 24.7 Å². The molecule has 2 N–H and O–H groups in total. The van der Waals surface area contributed by atoms with Gasteiger partial charge in [-0.05, 0) is 12.1 Å². The molecule has 7 heteroatoms. The molecule has 0 radical (unpaired) electrons. The Morgan fingerprint density at radius 1 is 1.07 bits per heavy atom. The minimum atomic E-state index is -0.0762. The summed E-state index contributed by atoms with van der Waals surface area (Å²) in [6, 6.07) is 13.2. The van der Waals surface area contributed by atoms with Crippen LogP contribution in [0.15, 0.2) is 48.3 Å². The van der Waals surface area contributed by atoms with Crippen molar-refractivity contribution in [1.29, 1.82) is 0 Å². The average Bonchev–Trinajstić information content (AvgIpc) is 3.17. The predicted octanol–water partition coefficient (Wildman–Crippen LogP) is 2.31. The van der Waals surface area contributed by atoms with Gasteiger partial charge in [0, 0.05) is 25.2 Å². The molecule has 138 valence electrons. The van der Waals surface area contributed by atoms with E-state index in [1.807, 2.05) is 48.0 Å². The number of rotatable bonds is 4. The Balaban J connectivity index is 1.84. The van der Waals surface area contributed by atoms with Crippen molar-refractivity contribution >= 4 is 28.1 Å². The molecule has 3 aromatic rings. The van der Waals surface area contributed by atoms with Crippen molar-refractivity contribution in [2.75, 3.05) is 25.7 Å². The van der Waals surface area contributed by atoms with Gasteiger partial charge in [0.1, 0.15) is 28.7 Å². The first-order chi connectivity index (χ1) is 13.0. The highest BCUT2D eigenvalue weighted by Gasteiger charge is 2.33. The van der Waals surface area contributed by atoms with Gasteiger partial charge in [0.15, 0.2) is 5.78 Å². The van der Waals surface area contributed by atoms with E-state index in [-0.39, 0.29) is 12.3 Å². The van der Waals surface area contributed by atoms with Crippen molar-refractivity contribution in [3.63, 3.8) is 0 Å². The smallest absolute Gasteiger partial charge is 0.189 e. The van der Waals surface area contributed by atoms with Gasteiger partial charge in [-0.1, -0.05) is 12.1 Å². The van der Waals surface area contributed by atoms with Gasteiger partial charge in [0.05, 0.1) is 37.5 Å². The summed E-state index contributed by atoms with van der Waals surface area (Å²) in [5, 5.41) is 0. The van der Waals surface area contributed by atoms with Crippen LogP contribution in [-0.4, -0.2) is 36.1 Å². The second-order valence-corrected chi connectivity index (χ2v) is 6.32. The molecule has 0 saturated heterocycles. The molecule has 0 saturated carbocycles. The number of benzene rings is 2. The number of fused-ring (bicyclic) bond motifs is 1. The van der Waals surface area contributed by atoms with Crippen molar-refractivity contribution in [2.24, 2.45) is 12.8 Å². The quantitative estimate of drug-likeness (QED) is 0.765. The zero-order chi connectivity index (χ0) is 19.1. The maximum atomic E-state index is 12.8. The van der Waals surface area contributed by atoms with Crippen molar-refractivity contribution < 1.29 is 14.3 Å². The van der Waals surface area contributed by atoms with Crippen LogP contribution in [0.4, 0.5) is 5.69 Å². The Hall–Kier alpha value is -3.48. The third-order valence-corrected chi connectivity index (χ3v) is 4.79. The number of nitrogens with two attached hydrogens (primary N) is 1. The lowest BCUT2D eigenvalue weighted by molar-refractivity contribution is -0.112. The molecule has 2 aromatic carbocycles. The van der Waals surface area contributed by atoms with Gasteiger partial charge >= 0.3 is 0 Å². The molecule has 0 spiro atoms. The number of anilines is 1. The number of para-hydroxylation sites is 2. The second kappa shape index (κ2) is 6.35. The topological polar surface area (TPSA) is 82.6 Å². The van der Waals surface area contributed by atoms with Crippen molar-refractivity contribution in [3.05, 3.63) is 54.1 Å². The second-order valence-electron chi connectivity index (χ2n) is 6.32. The molecular weight excluding hydrogens is 344 g/mol. The summed E-state index contributed by atoms with van der Waals surface area (Å²) in [5.41, 5.74) is 9.33. The van der Waals surface area contributed by atoms with E-state index in [0.29, 0.717) is 28.7 Å². The van der Waals surface area contributed by atoms with E-state index in [9.17, 15) is 4.79 Å². The Bertz CT molecular complexity index is 1060. The molecule has 4 rings (SSSR count). The molecule has 1 aromatic heterocycles. The fourth-order valence-electron chi connectivity index (χ4n) is 3.37. The molecule has 0 aliphatic carbocycles. The van der Waals surface area contributed by atoms with Crippen LogP contribution >= 0.6 is 0 Å². The van der Waals surface area contributed by atoms with Crippen molar-refractivity contribution in [3.8, 4) is 11.5 Å². The number of carbonyl (C=O) groups is 1. The van der Waals surface area contributed by atoms with Crippen LogP contribution in [0.3, 0.4) is 0 Å². The number of ketones is 1. The van der Waals surface area contributed by atoms with Gasteiger partial charge in [-0.3, -0.25) is 4.79 Å². The molecule has 7 nitrogen and oxygen atoms in total. The molecule has 0 bridgehead atoms. The molecule has 1 aliphatic heterocycles. The van der Waals surface area contributed by atoms with E-state index >= 15 is 0 Å². The van der Waals surface area contributed by atoms with Crippen LogP contribution in [-0.2, 0) is 11.8 Å². The number of nitrogens with zero attached hydrogens (tertiary/aromatic N) is 3. The number of Topliss-reactive ketones (excluding diaryl/α,β-unsaturated/α-hetero) is 1. The zero-order valence-corrected chi connectivity index (χ0v) is 15.4. The number of hydrogen-bond donors (Lipinski definition) is 1. The fraction of sp³-hybridized carbons (Fsp3) is 0.200. The monoisotopic (exact) mass is 364 g/mol. The zero-order valence-electron chi connectivity index (χ0n) is 15.4. The van der Waals surface area contributed by atoms with Crippen LogP contribution in [0.5, 0.6) is 11.5 Å². The maximum Gasteiger partial charge on any atom is 0.189 e. The molecule has 1 aliphatic rings. The van der Waals surface area contributed by atoms with Crippen LogP contribution < -0.4 is 20.1 Å². The molecule has 0 unspecified atom stereocenters. The van der Waals surface area contributed by atoms with E-state index in [4.69, 9.17) is 15.2 Å². The SMILES string of the molecule is COc1cc(OC)cc(N2CC(=O)C(c3nc4ccccc4n3C)=C2N)c1. The number of carbonyl (C=O) groups excluding carboxylic acids is 1. The summed E-state index contributed by atoms with van der Waals surface area (Å²) < 4.78 is 12.5. The molecule has 2 heterocycles. The van der Waals surface area contributed by atoms with Gasteiger partial charge in [-0.15, -0.1) is 0 Å². The third kappa shape index (κ3) is 2.68. The number of aromatic nitrogens is 2. The highest BCUT2D eigenvalue weighted by molar-refractivity contribution is 6.26. The lowest BCUT2D eigenvalue weighted by Crippen LogP contribution is -2.25. The van der Waals surface area contributed by atoms with E-state index in [2.05, 4.69) is 4.98 Å². The predicted molar refractivity (Wildman–Crippen MR) is 104 cm³/mol. The van der Waals surface area contributed by atoms with Gasteiger partial charge in [0.25, 0.3) is 0 Å². The van der Waals surface area contributed by atoms with Crippen LogP contribution in [0.1, 0.15) is 5.82 Å². The number of ether oxygens (including phenoxy) is 2. The minimum Gasteiger partial charge on any atom is -0.497 e. The standard InChI is InChI=1S/C20H20N4O3/c1-23-16-7-5-4-6-15(16)22-20(23)18-17(25)11-24(19(18)21)12-8-13(26-2)10-14(9-12)27-3/h4-10H,11,21H2,1-3H3. The Labute approximate surface area is 156 Å². The molecule has 27 heavy (non-hydrogen) atoms. The van der Waals surface area contributed by atoms with Gasteiger partial charge in [0.2, 0.25) is 0 Å². The number of hydrogen-bond acceptors (Lipinski definition) is 6. The summed E-state index contributed by atoms with van der Waals surface area (Å²) in [6.45, 7) is 0.140. The van der Waals surface area contributed by atoms with E-state index in [0.717, 1.165) is 16.7 Å². The van der Waals surface area contributed by atoms with E-state index in [1.165, 1.54) is 0 Å². The molecule has 0 amide bonds. The summed E-state index contributed by atoms with van der Waals surface area (Å²) in [5.74, 6) is 2.11. The largest absolute Gasteiger partial charge is 0.497 e. The first-order valence-electron chi connectivity index (χ1n) is 8.49. The molecule has 0 fully saturated rings. The van der Waals surface area contributed by atoms with Crippen LogP contribution in [0.25, 0.3) is 16.6 Å². The third-order valence-electron chi connectivity index (χ3n) is 4.79. The number of methoxy groups -OCH3 is 2. The summed E-state index contributed by atoms with van der Waals surface area (Å²) in [6.07, 6.45) is 0. The number of aryl methyl sites for hydroxylation is 1. The first-order valence-corrected chi connectivity index (χ1v) is 8.49. The highest BCUT2D eigenvalue weighted by atomic mass is 16.5. The van der Waals surface area contributed by atoms with E-state index < -0.39 is 0 Å². The summed E-state index contributed by atoms with van der Waals surface area (Å²) in [7, 11) is 5.05. The minimum absolute atomic E-state index is 0.0762. The fourth-order valence-corrected chi connectivity index (χ4v) is 3.37. The lowest BCUT2D eigenvalue weighted by Gasteiger charge is -2.20. The van der Waals surface area contributed by atoms with Crippen LogP contribution in [0.2, 0.25) is 0 Å².